The van der Waals surface area contributed by atoms with E-state index in [1.165, 1.54) is 6.07 Å². The summed E-state index contributed by atoms with van der Waals surface area (Å²) in [5, 5.41) is 0. The van der Waals surface area contributed by atoms with Gasteiger partial charge in [0.25, 0.3) is 0 Å². The quantitative estimate of drug-likeness (QED) is 0.370. The van der Waals surface area contributed by atoms with Gasteiger partial charge >= 0.3 is 0 Å². The Morgan fingerprint density at radius 2 is 2.33 bits per heavy atom. The van der Waals surface area contributed by atoms with Crippen LogP contribution in [0.3, 0.4) is 0 Å². The molecule has 0 bridgehead atoms. The van der Waals surface area contributed by atoms with Crippen molar-refractivity contribution in [1.29, 1.82) is 0 Å². The Labute approximate surface area is 68.1 Å². The normalized spacial score (nSPS) is 9.50. The van der Waals surface area contributed by atoms with Crippen LogP contribution in [0.4, 0.5) is 5.88 Å². The highest BCUT2D eigenvalue weighted by Gasteiger charge is 2.07. The van der Waals surface area contributed by atoms with Gasteiger partial charge in [-0.1, -0.05) is 0 Å². The predicted octanol–water partition coefficient (Wildman–Crippen LogP) is 0.0463. The number of hydrazine groups is 1. The van der Waals surface area contributed by atoms with Gasteiger partial charge in [0, 0.05) is 6.07 Å². The molecule has 0 aliphatic rings. The summed E-state index contributed by atoms with van der Waals surface area (Å²) in [7, 11) is 0. The van der Waals surface area contributed by atoms with Gasteiger partial charge in [0.1, 0.15) is 11.3 Å². The minimum Gasteiger partial charge on any atom is -0.444 e. The fourth-order valence-corrected chi connectivity index (χ4v) is 0.838. The monoisotopic (exact) mass is 168 g/mol. The molecule has 1 aromatic rings. The Hall–Kier alpha value is -1.62. The maximum Gasteiger partial charge on any atom is 0.221 e. The van der Waals surface area contributed by atoms with E-state index >= 15 is 0 Å². The molecule has 0 aliphatic heterocycles. The molecule has 1 rings (SSSR count). The van der Waals surface area contributed by atoms with Crippen LogP contribution in [-0.2, 0) is 0 Å². The number of aldehydes is 1. The first-order valence-corrected chi connectivity index (χ1v) is 3.25. The molecule has 0 saturated carbocycles. The Kier molecular flexibility index (Phi) is 2.25. The molecule has 12 heavy (non-hydrogen) atoms. The molecule has 1 aromatic heterocycles. The highest BCUT2D eigenvalue weighted by molar-refractivity contribution is 5.81. The van der Waals surface area contributed by atoms with Crippen LogP contribution in [0, 0.1) is 6.92 Å². The number of aryl methyl sites for hydroxylation is 1. The number of rotatable bonds is 2. The molecule has 0 aliphatic carbocycles. The molecule has 3 N–H and O–H groups in total. The number of anilines is 1. The van der Waals surface area contributed by atoms with Crippen LogP contribution in [0.5, 0.6) is 0 Å². The van der Waals surface area contributed by atoms with E-state index in [-0.39, 0.29) is 11.4 Å². The van der Waals surface area contributed by atoms with Gasteiger partial charge in [-0.2, -0.15) is 0 Å². The van der Waals surface area contributed by atoms with Gasteiger partial charge in [-0.15, -0.1) is 0 Å². The van der Waals surface area contributed by atoms with Crippen LogP contribution in [0.2, 0.25) is 0 Å². The largest absolute Gasteiger partial charge is 0.444 e. The summed E-state index contributed by atoms with van der Waals surface area (Å²) >= 11 is 0. The van der Waals surface area contributed by atoms with Crippen molar-refractivity contribution in [2.45, 2.75) is 6.92 Å². The van der Waals surface area contributed by atoms with Gasteiger partial charge in [0.05, 0.1) is 0 Å². The number of nitrogens with one attached hydrogen (secondary N) is 1. The SMILES string of the molecule is Cc1cc(=O)c(C=O)c(NN)o1. The molecule has 5 nitrogen and oxygen atoms in total. The van der Waals surface area contributed by atoms with Crippen LogP contribution < -0.4 is 16.7 Å². The zero-order chi connectivity index (χ0) is 9.14. The van der Waals surface area contributed by atoms with E-state index in [9.17, 15) is 9.59 Å². The number of carbonyl (C=O) groups is 1. The Morgan fingerprint density at radius 1 is 1.67 bits per heavy atom. The van der Waals surface area contributed by atoms with Crippen molar-refractivity contribution in [3.05, 3.63) is 27.6 Å². The second-order valence-electron chi connectivity index (χ2n) is 2.23. The second-order valence-corrected chi connectivity index (χ2v) is 2.23. The molecule has 0 fully saturated rings. The second kappa shape index (κ2) is 3.19. The first kappa shape index (κ1) is 8.48. The number of hydrogen-bond donors (Lipinski definition) is 2. The average Bonchev–Trinajstić information content (AvgIpc) is 2.03. The first-order valence-electron chi connectivity index (χ1n) is 3.25. The summed E-state index contributed by atoms with van der Waals surface area (Å²) in [5.74, 6) is 5.42. The molecule has 64 valence electrons. The van der Waals surface area contributed by atoms with E-state index in [0.29, 0.717) is 12.0 Å². The highest BCUT2D eigenvalue weighted by Crippen LogP contribution is 2.09. The zero-order valence-electron chi connectivity index (χ0n) is 6.46. The fraction of sp³-hybridized carbons (Fsp3) is 0.143. The van der Waals surface area contributed by atoms with Crippen molar-refractivity contribution in [1.82, 2.24) is 0 Å². The molecule has 0 aromatic carbocycles. The van der Waals surface area contributed by atoms with Crippen molar-refractivity contribution >= 4 is 12.2 Å². The lowest BCUT2D eigenvalue weighted by molar-refractivity contribution is 0.112. The third-order valence-electron chi connectivity index (χ3n) is 1.36. The van der Waals surface area contributed by atoms with Crippen molar-refractivity contribution in [3.8, 4) is 0 Å². The summed E-state index contributed by atoms with van der Waals surface area (Å²) in [4.78, 5) is 21.4. The molecule has 0 atom stereocenters. The third-order valence-corrected chi connectivity index (χ3v) is 1.36. The lowest BCUT2D eigenvalue weighted by atomic mass is 10.2. The van der Waals surface area contributed by atoms with Crippen LogP contribution in [-0.4, -0.2) is 6.29 Å². The predicted molar refractivity (Wildman–Crippen MR) is 42.9 cm³/mol. The summed E-state index contributed by atoms with van der Waals surface area (Å²) in [6.07, 6.45) is 0.403. The lowest BCUT2D eigenvalue weighted by Gasteiger charge is -2.01. The molecule has 0 spiro atoms. The summed E-state index contributed by atoms with van der Waals surface area (Å²) in [6, 6.07) is 1.23. The van der Waals surface area contributed by atoms with E-state index in [1.54, 1.807) is 6.92 Å². The van der Waals surface area contributed by atoms with E-state index in [0.717, 1.165) is 0 Å². The van der Waals surface area contributed by atoms with Gasteiger partial charge in [-0.3, -0.25) is 15.0 Å². The van der Waals surface area contributed by atoms with Crippen molar-refractivity contribution in [2.75, 3.05) is 5.43 Å². The van der Waals surface area contributed by atoms with Crippen molar-refractivity contribution < 1.29 is 9.21 Å². The topological polar surface area (TPSA) is 85.3 Å². The summed E-state index contributed by atoms with van der Waals surface area (Å²) in [6.45, 7) is 1.59. The van der Waals surface area contributed by atoms with Gasteiger partial charge < -0.3 is 4.42 Å². The molecular weight excluding hydrogens is 160 g/mol. The van der Waals surface area contributed by atoms with E-state index in [4.69, 9.17) is 10.3 Å². The van der Waals surface area contributed by atoms with E-state index in [1.807, 2.05) is 0 Å². The van der Waals surface area contributed by atoms with Crippen molar-refractivity contribution in [3.63, 3.8) is 0 Å². The molecule has 1 heterocycles. The molecule has 5 heteroatoms. The zero-order valence-corrected chi connectivity index (χ0v) is 6.46. The van der Waals surface area contributed by atoms with E-state index < -0.39 is 5.43 Å². The van der Waals surface area contributed by atoms with Crippen LogP contribution in [0.1, 0.15) is 16.1 Å². The number of nitrogens with two attached hydrogens (primary N) is 1. The maximum absolute atomic E-state index is 11.1. The number of nitrogen functional groups attached to an aromatic ring is 1. The lowest BCUT2D eigenvalue weighted by Crippen LogP contribution is -2.16. The molecule has 0 radical (unpaired) electrons. The van der Waals surface area contributed by atoms with E-state index in [2.05, 4.69) is 5.43 Å². The fourth-order valence-electron chi connectivity index (χ4n) is 0.838. The Balaban J connectivity index is 3.44. The maximum atomic E-state index is 11.1. The van der Waals surface area contributed by atoms with Crippen LogP contribution in [0.15, 0.2) is 15.3 Å². The summed E-state index contributed by atoms with van der Waals surface area (Å²) < 4.78 is 4.96. The van der Waals surface area contributed by atoms with Crippen molar-refractivity contribution in [2.24, 2.45) is 5.84 Å². The highest BCUT2D eigenvalue weighted by atomic mass is 16.4. The van der Waals surface area contributed by atoms with Gasteiger partial charge in [-0.05, 0) is 6.92 Å². The molecular formula is C7H8N2O3. The smallest absolute Gasteiger partial charge is 0.221 e. The average molecular weight is 168 g/mol. The molecule has 0 amide bonds. The first-order chi connectivity index (χ1) is 5.69. The minimum absolute atomic E-state index is 0.00463. The number of carbonyl (C=O) groups excluding carboxylic acids is 1. The Morgan fingerprint density at radius 3 is 2.83 bits per heavy atom. The van der Waals surface area contributed by atoms with Gasteiger partial charge in [0.15, 0.2) is 11.7 Å². The standard InChI is InChI=1S/C7H8N2O3/c1-4-2-6(11)5(3-10)7(9-8)12-4/h2-3,9H,8H2,1H3. The Bertz CT molecular complexity index is 356. The molecule has 0 saturated heterocycles. The number of hydrogen-bond acceptors (Lipinski definition) is 5. The minimum atomic E-state index is -0.401. The third kappa shape index (κ3) is 1.35. The van der Waals surface area contributed by atoms with Crippen LogP contribution in [0.25, 0.3) is 0 Å². The van der Waals surface area contributed by atoms with Crippen LogP contribution >= 0.6 is 0 Å². The van der Waals surface area contributed by atoms with Gasteiger partial charge in [0.2, 0.25) is 5.88 Å². The van der Waals surface area contributed by atoms with Gasteiger partial charge in [-0.25, -0.2) is 5.84 Å². The molecule has 0 unspecified atom stereocenters. The summed E-state index contributed by atoms with van der Waals surface area (Å²) in [5.41, 5.74) is 1.63.